The van der Waals surface area contributed by atoms with Crippen LogP contribution >= 0.6 is 0 Å². The van der Waals surface area contributed by atoms with Gasteiger partial charge in [0.2, 0.25) is 0 Å². The van der Waals surface area contributed by atoms with Gasteiger partial charge in [-0.15, -0.1) is 0 Å². The van der Waals surface area contributed by atoms with Gasteiger partial charge in [0, 0.05) is 18.3 Å². The van der Waals surface area contributed by atoms with E-state index in [0.717, 1.165) is 47.3 Å². The number of aromatic nitrogens is 2. The van der Waals surface area contributed by atoms with Gasteiger partial charge in [-0.1, -0.05) is 30.3 Å². The third-order valence-corrected chi connectivity index (χ3v) is 5.73. The van der Waals surface area contributed by atoms with Crippen molar-refractivity contribution in [1.82, 2.24) is 14.7 Å². The molecule has 0 N–H and O–H groups in total. The zero-order valence-electron chi connectivity index (χ0n) is 16.4. The number of carbonyl (C=O) groups excluding carboxylic acids is 1. The number of para-hydroxylation sites is 1. The Bertz CT molecular complexity index is 1020. The molecule has 1 amide bonds. The van der Waals surface area contributed by atoms with Gasteiger partial charge in [0.05, 0.1) is 11.7 Å². The lowest BCUT2D eigenvalue weighted by molar-refractivity contribution is 0.0735. The number of hydrogen-bond acceptors (Lipinski definition) is 2. The fourth-order valence-electron chi connectivity index (χ4n) is 3.92. The van der Waals surface area contributed by atoms with Gasteiger partial charge in [-0.05, 0) is 62.4 Å². The molecule has 1 aliphatic rings. The first-order valence-corrected chi connectivity index (χ1v) is 9.66. The highest BCUT2D eigenvalue weighted by Gasteiger charge is 2.30. The van der Waals surface area contributed by atoms with Crippen molar-refractivity contribution in [3.63, 3.8) is 0 Å². The van der Waals surface area contributed by atoms with E-state index in [0.29, 0.717) is 5.69 Å². The minimum atomic E-state index is -0.278. The molecule has 1 heterocycles. The highest BCUT2D eigenvalue weighted by Crippen LogP contribution is 2.30. The van der Waals surface area contributed by atoms with Gasteiger partial charge in [0.15, 0.2) is 5.69 Å². The van der Waals surface area contributed by atoms with Crippen LogP contribution in [0.25, 0.3) is 5.69 Å². The van der Waals surface area contributed by atoms with Gasteiger partial charge in [-0.25, -0.2) is 9.07 Å². The lowest BCUT2D eigenvalue weighted by Crippen LogP contribution is -2.30. The maximum atomic E-state index is 13.3. The number of aryl methyl sites for hydroxylation is 1. The Hall–Kier alpha value is -2.95. The van der Waals surface area contributed by atoms with Crippen LogP contribution in [-0.4, -0.2) is 27.6 Å². The molecule has 2 aromatic carbocycles. The zero-order valence-corrected chi connectivity index (χ0v) is 16.4. The fraction of sp³-hybridized carbons (Fsp3) is 0.304. The summed E-state index contributed by atoms with van der Waals surface area (Å²) in [5, 5.41) is 4.74. The zero-order chi connectivity index (χ0) is 19.8. The normalized spacial score (nSPS) is 14.0. The molecule has 1 atom stereocenters. The third-order valence-electron chi connectivity index (χ3n) is 5.73. The van der Waals surface area contributed by atoms with Gasteiger partial charge < -0.3 is 4.90 Å². The minimum Gasteiger partial charge on any atom is -0.334 e. The SMILES string of the molecule is Cc1ccccc1-n1nc(C(=O)N(C)C(C)c2ccc(F)cc2)c2c1CCC2. The van der Waals surface area contributed by atoms with Crippen LogP contribution in [-0.2, 0) is 12.8 Å². The van der Waals surface area contributed by atoms with Gasteiger partial charge in [0.25, 0.3) is 5.91 Å². The summed E-state index contributed by atoms with van der Waals surface area (Å²) in [6.45, 7) is 4.01. The molecule has 1 aromatic heterocycles. The monoisotopic (exact) mass is 377 g/mol. The van der Waals surface area contributed by atoms with E-state index in [2.05, 4.69) is 13.0 Å². The molecular formula is C23H24FN3O. The third kappa shape index (κ3) is 3.11. The summed E-state index contributed by atoms with van der Waals surface area (Å²) in [6.07, 6.45) is 2.85. The van der Waals surface area contributed by atoms with Crippen molar-refractivity contribution in [2.24, 2.45) is 0 Å². The average Bonchev–Trinajstić information content (AvgIpc) is 3.30. The van der Waals surface area contributed by atoms with Crippen LogP contribution < -0.4 is 0 Å². The van der Waals surface area contributed by atoms with Crippen LogP contribution in [0.2, 0.25) is 0 Å². The predicted molar refractivity (Wildman–Crippen MR) is 107 cm³/mol. The second kappa shape index (κ2) is 7.23. The highest BCUT2D eigenvalue weighted by atomic mass is 19.1. The van der Waals surface area contributed by atoms with Gasteiger partial charge in [-0.3, -0.25) is 4.79 Å². The summed E-state index contributed by atoms with van der Waals surface area (Å²) in [6, 6.07) is 14.2. The first-order valence-electron chi connectivity index (χ1n) is 9.66. The van der Waals surface area contributed by atoms with Crippen molar-refractivity contribution in [1.29, 1.82) is 0 Å². The molecular weight excluding hydrogens is 353 g/mol. The number of nitrogens with zero attached hydrogens (tertiary/aromatic N) is 3. The van der Waals surface area contributed by atoms with Crippen molar-refractivity contribution >= 4 is 5.91 Å². The van der Waals surface area contributed by atoms with Crippen molar-refractivity contribution < 1.29 is 9.18 Å². The van der Waals surface area contributed by atoms with E-state index in [-0.39, 0.29) is 17.8 Å². The number of carbonyl (C=O) groups is 1. The highest BCUT2D eigenvalue weighted by molar-refractivity contribution is 5.94. The molecule has 1 aliphatic carbocycles. The standard InChI is InChI=1S/C23H24FN3O/c1-15-7-4-5-9-20(15)27-21-10-6-8-19(21)22(25-27)23(28)26(3)16(2)17-11-13-18(24)14-12-17/h4-5,7,9,11-14,16H,6,8,10H2,1-3H3. The number of hydrogen-bond donors (Lipinski definition) is 0. The summed E-state index contributed by atoms with van der Waals surface area (Å²) in [4.78, 5) is 15.0. The smallest absolute Gasteiger partial charge is 0.274 e. The first kappa shape index (κ1) is 18.4. The van der Waals surface area contributed by atoms with E-state index in [1.807, 2.05) is 29.8 Å². The van der Waals surface area contributed by atoms with Crippen molar-refractivity contribution in [2.45, 2.75) is 39.2 Å². The Morgan fingerprint density at radius 2 is 1.86 bits per heavy atom. The summed E-state index contributed by atoms with van der Waals surface area (Å²) < 4.78 is 15.2. The molecule has 0 saturated carbocycles. The Morgan fingerprint density at radius 1 is 1.14 bits per heavy atom. The molecule has 0 bridgehead atoms. The number of halogens is 1. The molecule has 0 aliphatic heterocycles. The summed E-state index contributed by atoms with van der Waals surface area (Å²) >= 11 is 0. The van der Waals surface area contributed by atoms with E-state index in [1.54, 1.807) is 24.1 Å². The molecule has 3 aromatic rings. The van der Waals surface area contributed by atoms with E-state index in [1.165, 1.54) is 12.1 Å². The minimum absolute atomic E-state index is 0.0951. The Labute approximate surface area is 164 Å². The summed E-state index contributed by atoms with van der Waals surface area (Å²) in [7, 11) is 1.78. The predicted octanol–water partition coefficient (Wildman–Crippen LogP) is 4.64. The molecule has 4 rings (SSSR count). The average molecular weight is 377 g/mol. The van der Waals surface area contributed by atoms with Crippen LogP contribution in [0.4, 0.5) is 4.39 Å². The van der Waals surface area contributed by atoms with Crippen LogP contribution in [0.1, 0.15) is 52.3 Å². The summed E-state index contributed by atoms with van der Waals surface area (Å²) in [5.74, 6) is -0.373. The van der Waals surface area contributed by atoms with Crippen molar-refractivity contribution in [2.75, 3.05) is 7.05 Å². The van der Waals surface area contributed by atoms with Crippen LogP contribution in [0.5, 0.6) is 0 Å². The number of amides is 1. The second-order valence-corrected chi connectivity index (χ2v) is 7.47. The molecule has 28 heavy (non-hydrogen) atoms. The number of benzene rings is 2. The molecule has 0 spiro atoms. The van der Waals surface area contributed by atoms with Gasteiger partial charge in [0.1, 0.15) is 5.82 Å². The summed E-state index contributed by atoms with van der Waals surface area (Å²) in [5.41, 5.74) is 5.78. The quantitative estimate of drug-likeness (QED) is 0.664. The van der Waals surface area contributed by atoms with Crippen LogP contribution in [0, 0.1) is 12.7 Å². The van der Waals surface area contributed by atoms with E-state index in [4.69, 9.17) is 5.10 Å². The maximum Gasteiger partial charge on any atom is 0.274 e. The van der Waals surface area contributed by atoms with Crippen molar-refractivity contribution in [3.05, 3.63) is 82.4 Å². The Kier molecular flexibility index (Phi) is 4.75. The maximum absolute atomic E-state index is 13.3. The van der Waals surface area contributed by atoms with Crippen LogP contribution in [0.15, 0.2) is 48.5 Å². The van der Waals surface area contributed by atoms with Crippen molar-refractivity contribution in [3.8, 4) is 5.69 Å². The Balaban J connectivity index is 1.69. The topological polar surface area (TPSA) is 38.1 Å². The fourth-order valence-corrected chi connectivity index (χ4v) is 3.92. The van der Waals surface area contributed by atoms with Gasteiger partial charge >= 0.3 is 0 Å². The van der Waals surface area contributed by atoms with Gasteiger partial charge in [-0.2, -0.15) is 5.10 Å². The molecule has 0 saturated heterocycles. The first-order chi connectivity index (χ1) is 13.5. The number of fused-ring (bicyclic) bond motifs is 1. The molecule has 5 heteroatoms. The molecule has 0 radical (unpaired) electrons. The Morgan fingerprint density at radius 3 is 2.57 bits per heavy atom. The molecule has 144 valence electrons. The largest absolute Gasteiger partial charge is 0.334 e. The van der Waals surface area contributed by atoms with Crippen LogP contribution in [0.3, 0.4) is 0 Å². The number of rotatable bonds is 4. The lowest BCUT2D eigenvalue weighted by atomic mass is 10.1. The second-order valence-electron chi connectivity index (χ2n) is 7.47. The van der Waals surface area contributed by atoms with E-state index < -0.39 is 0 Å². The lowest BCUT2D eigenvalue weighted by Gasteiger charge is -2.25. The van der Waals surface area contributed by atoms with E-state index in [9.17, 15) is 9.18 Å². The molecule has 0 fully saturated rings. The molecule has 4 nitrogen and oxygen atoms in total. The van der Waals surface area contributed by atoms with E-state index >= 15 is 0 Å². The molecule has 1 unspecified atom stereocenters.